The second kappa shape index (κ2) is 8.35. The fraction of sp³-hybridized carbons (Fsp3) is 0.318. The summed E-state index contributed by atoms with van der Waals surface area (Å²) in [6.45, 7) is 6.17. The standard InChI is InChI=1S/C22H24N4O2/c1-17(28-21-15-23-19-9-5-6-10-20(19)24-21)22(27)26-13-11-25(12-14-26)16-18-7-3-2-4-8-18/h2-10,15,17H,11-14,16H2,1H3/p+1/t17-/m0/s1. The van der Waals surface area contributed by atoms with Gasteiger partial charge in [0.2, 0.25) is 5.88 Å². The number of quaternary nitrogens is 1. The van der Waals surface area contributed by atoms with Crippen molar-refractivity contribution in [3.8, 4) is 5.88 Å². The van der Waals surface area contributed by atoms with E-state index < -0.39 is 6.10 Å². The molecule has 28 heavy (non-hydrogen) atoms. The first kappa shape index (κ1) is 18.4. The van der Waals surface area contributed by atoms with Crippen molar-refractivity contribution in [1.29, 1.82) is 0 Å². The molecule has 1 N–H and O–H groups in total. The van der Waals surface area contributed by atoms with Crippen LogP contribution in [0.3, 0.4) is 0 Å². The molecule has 2 heterocycles. The zero-order valence-electron chi connectivity index (χ0n) is 16.0. The van der Waals surface area contributed by atoms with Crippen LogP contribution in [-0.4, -0.2) is 53.1 Å². The summed E-state index contributed by atoms with van der Waals surface area (Å²) in [4.78, 5) is 25.0. The Kier molecular flexibility index (Phi) is 5.48. The lowest BCUT2D eigenvalue weighted by atomic mass is 10.2. The average Bonchev–Trinajstić information content (AvgIpc) is 2.74. The Morgan fingerprint density at radius 3 is 2.50 bits per heavy atom. The molecule has 1 atom stereocenters. The van der Waals surface area contributed by atoms with Crippen molar-refractivity contribution in [3.05, 3.63) is 66.4 Å². The molecule has 1 aliphatic heterocycles. The van der Waals surface area contributed by atoms with Gasteiger partial charge in [-0.3, -0.25) is 4.79 Å². The monoisotopic (exact) mass is 377 g/mol. The zero-order chi connectivity index (χ0) is 19.3. The first-order valence-corrected chi connectivity index (χ1v) is 9.74. The Morgan fingerprint density at radius 1 is 1.07 bits per heavy atom. The number of nitrogens with zero attached hydrogens (tertiary/aromatic N) is 3. The molecule has 6 heteroatoms. The zero-order valence-corrected chi connectivity index (χ0v) is 16.0. The molecule has 4 rings (SSSR count). The Hall–Kier alpha value is -2.99. The number of amides is 1. The second-order valence-corrected chi connectivity index (χ2v) is 7.19. The van der Waals surface area contributed by atoms with Gasteiger partial charge in [0.1, 0.15) is 6.54 Å². The summed E-state index contributed by atoms with van der Waals surface area (Å²) in [6, 6.07) is 18.1. The van der Waals surface area contributed by atoms with E-state index in [0.29, 0.717) is 5.88 Å². The summed E-state index contributed by atoms with van der Waals surface area (Å²) in [5, 5.41) is 0. The third-order valence-electron chi connectivity index (χ3n) is 5.15. The van der Waals surface area contributed by atoms with Gasteiger partial charge in [-0.1, -0.05) is 42.5 Å². The van der Waals surface area contributed by atoms with Gasteiger partial charge in [0.05, 0.1) is 43.4 Å². The average molecular weight is 377 g/mol. The number of aromatic nitrogens is 2. The molecule has 1 aromatic heterocycles. The summed E-state index contributed by atoms with van der Waals surface area (Å²) in [7, 11) is 0. The number of carbonyl (C=O) groups is 1. The van der Waals surface area contributed by atoms with Crippen LogP contribution in [0.25, 0.3) is 11.0 Å². The van der Waals surface area contributed by atoms with Crippen LogP contribution in [0.5, 0.6) is 5.88 Å². The van der Waals surface area contributed by atoms with Crippen LogP contribution >= 0.6 is 0 Å². The van der Waals surface area contributed by atoms with Gasteiger partial charge >= 0.3 is 0 Å². The molecule has 3 aromatic rings. The molecule has 1 fully saturated rings. The van der Waals surface area contributed by atoms with Crippen molar-refractivity contribution in [2.24, 2.45) is 0 Å². The van der Waals surface area contributed by atoms with E-state index in [4.69, 9.17) is 4.74 Å². The smallest absolute Gasteiger partial charge is 0.263 e. The number of hydrogen-bond acceptors (Lipinski definition) is 4. The predicted molar refractivity (Wildman–Crippen MR) is 107 cm³/mol. The number of carbonyl (C=O) groups excluding carboxylic acids is 1. The molecule has 0 bridgehead atoms. The predicted octanol–water partition coefficient (Wildman–Crippen LogP) is 1.32. The fourth-order valence-electron chi connectivity index (χ4n) is 3.59. The SMILES string of the molecule is C[C@H](Oc1cnc2ccccc2n1)C(=O)N1CC[NH+](Cc2ccccc2)CC1. The van der Waals surface area contributed by atoms with Crippen LogP contribution in [-0.2, 0) is 11.3 Å². The minimum atomic E-state index is -0.578. The molecule has 1 amide bonds. The van der Waals surface area contributed by atoms with Gasteiger partial charge in [-0.25, -0.2) is 9.97 Å². The van der Waals surface area contributed by atoms with E-state index in [9.17, 15) is 4.79 Å². The lowest BCUT2D eigenvalue weighted by molar-refractivity contribution is -0.917. The third kappa shape index (κ3) is 4.28. The van der Waals surface area contributed by atoms with Crippen molar-refractivity contribution >= 4 is 16.9 Å². The van der Waals surface area contributed by atoms with E-state index >= 15 is 0 Å². The fourth-order valence-corrected chi connectivity index (χ4v) is 3.59. The number of para-hydroxylation sites is 2. The van der Waals surface area contributed by atoms with Crippen molar-refractivity contribution < 1.29 is 14.4 Å². The van der Waals surface area contributed by atoms with E-state index in [0.717, 1.165) is 43.8 Å². The summed E-state index contributed by atoms with van der Waals surface area (Å²) in [5.41, 5.74) is 2.91. The quantitative estimate of drug-likeness (QED) is 0.729. The first-order chi connectivity index (χ1) is 13.7. The van der Waals surface area contributed by atoms with Crippen LogP contribution in [0.15, 0.2) is 60.8 Å². The number of fused-ring (bicyclic) bond motifs is 1. The van der Waals surface area contributed by atoms with E-state index in [-0.39, 0.29) is 5.91 Å². The molecule has 0 spiro atoms. The number of hydrogen-bond donors (Lipinski definition) is 1. The van der Waals surface area contributed by atoms with E-state index in [2.05, 4.69) is 34.2 Å². The van der Waals surface area contributed by atoms with Crippen molar-refractivity contribution in [3.63, 3.8) is 0 Å². The Labute approximate surface area is 164 Å². The Balaban J connectivity index is 1.31. The molecule has 6 nitrogen and oxygen atoms in total. The highest BCUT2D eigenvalue weighted by Gasteiger charge is 2.28. The molecule has 1 saturated heterocycles. The summed E-state index contributed by atoms with van der Waals surface area (Å²) >= 11 is 0. The summed E-state index contributed by atoms with van der Waals surface area (Å²) < 4.78 is 5.79. The first-order valence-electron chi connectivity index (χ1n) is 9.74. The molecule has 0 radical (unpaired) electrons. The molecule has 2 aromatic carbocycles. The highest BCUT2D eigenvalue weighted by Crippen LogP contribution is 2.15. The third-order valence-corrected chi connectivity index (χ3v) is 5.15. The van der Waals surface area contributed by atoms with Crippen LogP contribution in [0, 0.1) is 0 Å². The van der Waals surface area contributed by atoms with Gasteiger partial charge < -0.3 is 14.5 Å². The second-order valence-electron chi connectivity index (χ2n) is 7.19. The maximum Gasteiger partial charge on any atom is 0.263 e. The van der Waals surface area contributed by atoms with Crippen LogP contribution < -0.4 is 9.64 Å². The van der Waals surface area contributed by atoms with Crippen molar-refractivity contribution in [2.45, 2.75) is 19.6 Å². The largest absolute Gasteiger partial charge is 0.463 e. The van der Waals surface area contributed by atoms with E-state index in [1.807, 2.05) is 35.2 Å². The molecular formula is C22H25N4O2+. The highest BCUT2D eigenvalue weighted by atomic mass is 16.5. The molecule has 1 aliphatic rings. The van der Waals surface area contributed by atoms with Gasteiger partial charge in [-0.05, 0) is 19.1 Å². The maximum absolute atomic E-state index is 12.8. The highest BCUT2D eigenvalue weighted by molar-refractivity contribution is 5.81. The molecule has 144 valence electrons. The van der Waals surface area contributed by atoms with Crippen molar-refractivity contribution in [2.75, 3.05) is 26.2 Å². The van der Waals surface area contributed by atoms with Gasteiger partial charge in [0, 0.05) is 5.56 Å². The minimum absolute atomic E-state index is 0.00807. The maximum atomic E-state index is 12.8. The Bertz CT molecular complexity index is 939. The molecule has 0 aliphatic carbocycles. The Morgan fingerprint density at radius 2 is 1.75 bits per heavy atom. The normalized spacial score (nSPS) is 16.1. The number of benzene rings is 2. The van der Waals surface area contributed by atoms with E-state index in [1.165, 1.54) is 10.5 Å². The number of rotatable bonds is 5. The summed E-state index contributed by atoms with van der Waals surface area (Å²) in [5.74, 6) is 0.390. The number of nitrogens with one attached hydrogen (secondary N) is 1. The van der Waals surface area contributed by atoms with Gasteiger partial charge in [-0.2, -0.15) is 0 Å². The lowest BCUT2D eigenvalue weighted by Gasteiger charge is -2.33. The number of ether oxygens (including phenoxy) is 1. The van der Waals surface area contributed by atoms with Crippen LogP contribution in [0.1, 0.15) is 12.5 Å². The van der Waals surface area contributed by atoms with Gasteiger partial charge in [0.25, 0.3) is 5.91 Å². The number of piperazine rings is 1. The summed E-state index contributed by atoms with van der Waals surface area (Å²) in [6.07, 6.45) is 1.000. The molecule has 0 saturated carbocycles. The van der Waals surface area contributed by atoms with E-state index in [1.54, 1.807) is 13.1 Å². The lowest BCUT2D eigenvalue weighted by Crippen LogP contribution is -3.13. The van der Waals surface area contributed by atoms with Gasteiger partial charge in [-0.15, -0.1) is 0 Å². The topological polar surface area (TPSA) is 59.8 Å². The van der Waals surface area contributed by atoms with Crippen molar-refractivity contribution in [1.82, 2.24) is 14.9 Å². The molecular weight excluding hydrogens is 352 g/mol. The van der Waals surface area contributed by atoms with Crippen LogP contribution in [0.2, 0.25) is 0 Å². The van der Waals surface area contributed by atoms with Gasteiger partial charge in [0.15, 0.2) is 6.10 Å². The molecule has 0 unspecified atom stereocenters. The van der Waals surface area contributed by atoms with Crippen LogP contribution in [0.4, 0.5) is 0 Å². The minimum Gasteiger partial charge on any atom is -0.463 e.